The molecular weight excluding hydrogens is 282 g/mol. The molecule has 3 heterocycles. The minimum atomic E-state index is 0.511. The number of rotatable bonds is 3. The number of nitrogens with one attached hydrogen (secondary N) is 1. The van der Waals surface area contributed by atoms with E-state index in [2.05, 4.69) is 45.2 Å². The summed E-state index contributed by atoms with van der Waals surface area (Å²) in [7, 11) is 2.16. The molecule has 0 aromatic carbocycles. The Morgan fingerprint density at radius 3 is 2.67 bits per heavy atom. The predicted molar refractivity (Wildman–Crippen MR) is 86.5 cm³/mol. The number of aromatic nitrogens is 3. The van der Waals surface area contributed by atoms with Gasteiger partial charge in [0.2, 0.25) is 0 Å². The summed E-state index contributed by atoms with van der Waals surface area (Å²) in [4.78, 5) is 17.2. The van der Waals surface area contributed by atoms with Crippen molar-refractivity contribution in [3.05, 3.63) is 28.2 Å². The van der Waals surface area contributed by atoms with Crippen molar-refractivity contribution in [3.8, 4) is 0 Å². The van der Waals surface area contributed by atoms with Gasteiger partial charge in [0.1, 0.15) is 11.6 Å². The fourth-order valence-corrected chi connectivity index (χ4v) is 3.50. The molecule has 0 amide bonds. The van der Waals surface area contributed by atoms with Crippen LogP contribution in [0.2, 0.25) is 0 Å². The maximum absolute atomic E-state index is 4.62. The number of anilines is 2. The van der Waals surface area contributed by atoms with Crippen molar-refractivity contribution in [1.29, 1.82) is 0 Å². The summed E-state index contributed by atoms with van der Waals surface area (Å²) in [6.07, 6.45) is 1.17. The molecule has 1 atom stereocenters. The van der Waals surface area contributed by atoms with E-state index in [0.29, 0.717) is 5.92 Å². The summed E-state index contributed by atoms with van der Waals surface area (Å²) in [5.74, 6) is 2.17. The molecule has 2 aromatic rings. The molecule has 6 heteroatoms. The van der Waals surface area contributed by atoms with Gasteiger partial charge in [0.15, 0.2) is 5.13 Å². The number of hydrogen-bond donors (Lipinski definition) is 1. The molecule has 1 fully saturated rings. The number of thiazole rings is 1. The first-order chi connectivity index (χ1) is 10.0. The number of likely N-dealkylation sites (N-methyl/N-ethyl adjacent to an activating group) is 1. The summed E-state index contributed by atoms with van der Waals surface area (Å²) < 4.78 is 0. The summed E-state index contributed by atoms with van der Waals surface area (Å²) in [6.45, 7) is 8.28. The lowest BCUT2D eigenvalue weighted by Crippen LogP contribution is -2.14. The lowest BCUT2D eigenvalue weighted by atomic mass is 10.0. The van der Waals surface area contributed by atoms with Gasteiger partial charge >= 0.3 is 0 Å². The fraction of sp³-hybridized carbons (Fsp3) is 0.533. The van der Waals surface area contributed by atoms with Gasteiger partial charge in [-0.3, -0.25) is 0 Å². The number of hydrogen-bond acceptors (Lipinski definition) is 6. The highest BCUT2D eigenvalue weighted by molar-refractivity contribution is 7.15. The van der Waals surface area contributed by atoms with E-state index in [1.165, 1.54) is 11.3 Å². The molecule has 1 aliphatic heterocycles. The van der Waals surface area contributed by atoms with Gasteiger partial charge in [-0.25, -0.2) is 15.0 Å². The summed E-state index contributed by atoms with van der Waals surface area (Å²) >= 11 is 1.66. The lowest BCUT2D eigenvalue weighted by Gasteiger charge is -2.12. The lowest BCUT2D eigenvalue weighted by molar-refractivity contribution is 0.410. The van der Waals surface area contributed by atoms with E-state index in [-0.39, 0.29) is 0 Å². The zero-order valence-electron chi connectivity index (χ0n) is 13.0. The SMILES string of the molecule is Cc1nc(Nc2nc(C)c(C)s2)cc([C@@H]2CCN(C)C2)n1. The Bertz CT molecular complexity index is 632. The van der Waals surface area contributed by atoms with Gasteiger partial charge in [-0.15, -0.1) is 11.3 Å². The monoisotopic (exact) mass is 303 g/mol. The highest BCUT2D eigenvalue weighted by atomic mass is 32.1. The Kier molecular flexibility index (Phi) is 3.91. The molecule has 0 bridgehead atoms. The molecule has 5 nitrogen and oxygen atoms in total. The van der Waals surface area contributed by atoms with Crippen molar-refractivity contribution >= 4 is 22.3 Å². The molecule has 21 heavy (non-hydrogen) atoms. The summed E-state index contributed by atoms with van der Waals surface area (Å²) in [5, 5.41) is 4.22. The van der Waals surface area contributed by atoms with E-state index in [4.69, 9.17) is 0 Å². The van der Waals surface area contributed by atoms with Gasteiger partial charge in [-0.2, -0.15) is 0 Å². The quantitative estimate of drug-likeness (QED) is 0.944. The summed E-state index contributed by atoms with van der Waals surface area (Å²) in [5.41, 5.74) is 2.21. The standard InChI is InChI=1S/C15H21N5S/c1-9-10(2)21-15(16-9)19-14-7-13(17-11(3)18-14)12-5-6-20(4)8-12/h7,12H,5-6,8H2,1-4H3,(H,16,17,18,19)/t12-/m1/s1. The zero-order valence-corrected chi connectivity index (χ0v) is 13.8. The first-order valence-electron chi connectivity index (χ1n) is 7.26. The van der Waals surface area contributed by atoms with Gasteiger partial charge in [0.05, 0.1) is 11.4 Å². The first kappa shape index (κ1) is 14.4. The molecule has 2 aromatic heterocycles. The maximum atomic E-state index is 4.62. The van der Waals surface area contributed by atoms with E-state index >= 15 is 0 Å². The van der Waals surface area contributed by atoms with E-state index in [9.17, 15) is 0 Å². The highest BCUT2D eigenvalue weighted by Gasteiger charge is 2.23. The molecular formula is C15H21N5S. The molecule has 112 valence electrons. The van der Waals surface area contributed by atoms with Crippen LogP contribution in [0.15, 0.2) is 6.07 Å². The van der Waals surface area contributed by atoms with Crippen LogP contribution in [-0.2, 0) is 0 Å². The second-order valence-electron chi connectivity index (χ2n) is 5.76. The zero-order chi connectivity index (χ0) is 15.0. The average Bonchev–Trinajstić information content (AvgIpc) is 2.96. The van der Waals surface area contributed by atoms with E-state index in [1.807, 2.05) is 13.8 Å². The number of likely N-dealkylation sites (tertiary alicyclic amines) is 1. The molecule has 0 radical (unpaired) electrons. The van der Waals surface area contributed by atoms with E-state index in [1.54, 1.807) is 11.3 Å². The molecule has 1 aliphatic rings. The predicted octanol–water partition coefficient (Wildman–Crippen LogP) is 3.02. The fourth-order valence-electron chi connectivity index (χ4n) is 2.68. The van der Waals surface area contributed by atoms with Crippen LogP contribution in [0.1, 0.15) is 34.4 Å². The minimum absolute atomic E-state index is 0.511. The Hall–Kier alpha value is -1.53. The van der Waals surface area contributed by atoms with Crippen LogP contribution >= 0.6 is 11.3 Å². The van der Waals surface area contributed by atoms with Crippen molar-refractivity contribution in [2.45, 2.75) is 33.1 Å². The second kappa shape index (κ2) is 5.69. The molecule has 0 spiro atoms. The topological polar surface area (TPSA) is 53.9 Å². The maximum Gasteiger partial charge on any atom is 0.188 e. The minimum Gasteiger partial charge on any atom is -0.316 e. The molecule has 3 rings (SSSR count). The largest absolute Gasteiger partial charge is 0.316 e. The van der Waals surface area contributed by atoms with Crippen LogP contribution in [0.5, 0.6) is 0 Å². The van der Waals surface area contributed by atoms with Crippen molar-refractivity contribution in [1.82, 2.24) is 19.9 Å². The van der Waals surface area contributed by atoms with Crippen LogP contribution in [0.25, 0.3) is 0 Å². The van der Waals surface area contributed by atoms with Gasteiger partial charge < -0.3 is 10.2 Å². The van der Waals surface area contributed by atoms with Gasteiger partial charge in [-0.05, 0) is 40.8 Å². The van der Waals surface area contributed by atoms with Crippen LogP contribution in [0.4, 0.5) is 10.9 Å². The van der Waals surface area contributed by atoms with Crippen LogP contribution in [0, 0.1) is 20.8 Å². The van der Waals surface area contributed by atoms with E-state index < -0.39 is 0 Å². The second-order valence-corrected chi connectivity index (χ2v) is 6.96. The normalized spacial score (nSPS) is 19.1. The highest BCUT2D eigenvalue weighted by Crippen LogP contribution is 2.28. The van der Waals surface area contributed by atoms with Gasteiger partial charge in [0, 0.05) is 23.4 Å². The Balaban J connectivity index is 1.83. The molecule has 1 saturated heterocycles. The molecule has 0 unspecified atom stereocenters. The van der Waals surface area contributed by atoms with Crippen molar-refractivity contribution in [2.75, 3.05) is 25.5 Å². The third-order valence-electron chi connectivity index (χ3n) is 3.93. The summed E-state index contributed by atoms with van der Waals surface area (Å²) in [6, 6.07) is 2.07. The van der Waals surface area contributed by atoms with Crippen LogP contribution in [0.3, 0.4) is 0 Å². The smallest absolute Gasteiger partial charge is 0.188 e. The van der Waals surface area contributed by atoms with Crippen molar-refractivity contribution in [2.24, 2.45) is 0 Å². The van der Waals surface area contributed by atoms with Gasteiger partial charge in [-0.1, -0.05) is 0 Å². The van der Waals surface area contributed by atoms with Crippen LogP contribution < -0.4 is 5.32 Å². The average molecular weight is 303 g/mol. The third-order valence-corrected chi connectivity index (χ3v) is 4.92. The van der Waals surface area contributed by atoms with E-state index in [0.717, 1.165) is 41.3 Å². The molecule has 0 saturated carbocycles. The van der Waals surface area contributed by atoms with Crippen molar-refractivity contribution < 1.29 is 0 Å². The molecule has 1 N–H and O–H groups in total. The Labute approximate surface area is 129 Å². The molecule has 0 aliphatic carbocycles. The Morgan fingerprint density at radius 2 is 2.05 bits per heavy atom. The number of aryl methyl sites for hydroxylation is 3. The van der Waals surface area contributed by atoms with Crippen molar-refractivity contribution in [3.63, 3.8) is 0 Å². The first-order valence-corrected chi connectivity index (χ1v) is 8.08. The van der Waals surface area contributed by atoms with Gasteiger partial charge in [0.25, 0.3) is 0 Å². The third kappa shape index (κ3) is 3.22. The Morgan fingerprint density at radius 1 is 1.24 bits per heavy atom. The number of nitrogens with zero attached hydrogens (tertiary/aromatic N) is 4. The van der Waals surface area contributed by atoms with Crippen LogP contribution in [-0.4, -0.2) is 40.0 Å².